The quantitative estimate of drug-likeness (QED) is 0.579. The molecule has 1 aliphatic carbocycles. The predicted octanol–water partition coefficient (Wildman–Crippen LogP) is 3.37. The standard InChI is InChI=1S/C12H14/c1-2-10-8-9-12(10)11-6-4-3-5-7-11/h2-7,10,12H,1,8-9H2. The second kappa shape index (κ2) is 3.14. The zero-order chi connectivity index (χ0) is 8.39. The van der Waals surface area contributed by atoms with Crippen LogP contribution in [0.25, 0.3) is 0 Å². The van der Waals surface area contributed by atoms with Gasteiger partial charge in [0.05, 0.1) is 0 Å². The van der Waals surface area contributed by atoms with Crippen LogP contribution in [-0.2, 0) is 0 Å². The van der Waals surface area contributed by atoms with Crippen molar-refractivity contribution in [3.05, 3.63) is 48.6 Å². The van der Waals surface area contributed by atoms with Crippen molar-refractivity contribution in [2.75, 3.05) is 0 Å². The highest BCUT2D eigenvalue weighted by molar-refractivity contribution is 5.24. The normalized spacial score (nSPS) is 27.7. The summed E-state index contributed by atoms with van der Waals surface area (Å²) in [6.45, 7) is 3.86. The van der Waals surface area contributed by atoms with Crippen LogP contribution in [0.5, 0.6) is 0 Å². The van der Waals surface area contributed by atoms with E-state index in [-0.39, 0.29) is 0 Å². The third-order valence-electron chi connectivity index (χ3n) is 2.86. The van der Waals surface area contributed by atoms with Gasteiger partial charge in [0.15, 0.2) is 0 Å². The average molecular weight is 158 g/mol. The monoisotopic (exact) mass is 158 g/mol. The molecule has 0 N–H and O–H groups in total. The van der Waals surface area contributed by atoms with Crippen LogP contribution in [0.4, 0.5) is 0 Å². The molecule has 1 aromatic rings. The van der Waals surface area contributed by atoms with Crippen LogP contribution in [0, 0.1) is 5.92 Å². The summed E-state index contributed by atoms with van der Waals surface area (Å²) in [6.07, 6.45) is 4.75. The lowest BCUT2D eigenvalue weighted by molar-refractivity contribution is 0.317. The van der Waals surface area contributed by atoms with Crippen molar-refractivity contribution >= 4 is 0 Å². The minimum absolute atomic E-state index is 0.729. The Hall–Kier alpha value is -1.04. The van der Waals surface area contributed by atoms with Crippen LogP contribution in [0.1, 0.15) is 24.3 Å². The molecule has 1 aliphatic rings. The number of allylic oxidation sites excluding steroid dienone is 1. The number of benzene rings is 1. The van der Waals surface area contributed by atoms with E-state index in [0.717, 1.165) is 11.8 Å². The molecule has 0 amide bonds. The smallest absolute Gasteiger partial charge is 0.00989 e. The molecule has 0 bridgehead atoms. The molecule has 0 nitrogen and oxygen atoms in total. The Kier molecular flexibility index (Phi) is 1.99. The summed E-state index contributed by atoms with van der Waals surface area (Å²) in [7, 11) is 0. The molecule has 2 atom stereocenters. The number of hydrogen-bond acceptors (Lipinski definition) is 0. The second-order valence-electron chi connectivity index (χ2n) is 3.49. The zero-order valence-electron chi connectivity index (χ0n) is 7.24. The summed E-state index contributed by atoms with van der Waals surface area (Å²) in [4.78, 5) is 0. The molecule has 62 valence electrons. The highest BCUT2D eigenvalue weighted by Gasteiger charge is 2.28. The van der Waals surface area contributed by atoms with Crippen molar-refractivity contribution in [3.8, 4) is 0 Å². The van der Waals surface area contributed by atoms with Crippen LogP contribution >= 0.6 is 0 Å². The van der Waals surface area contributed by atoms with Gasteiger partial charge < -0.3 is 0 Å². The van der Waals surface area contributed by atoms with Gasteiger partial charge in [0.25, 0.3) is 0 Å². The minimum Gasteiger partial charge on any atom is -0.103 e. The van der Waals surface area contributed by atoms with Crippen LogP contribution in [0.2, 0.25) is 0 Å². The van der Waals surface area contributed by atoms with Gasteiger partial charge in [0.2, 0.25) is 0 Å². The fraction of sp³-hybridized carbons (Fsp3) is 0.333. The van der Waals surface area contributed by atoms with Gasteiger partial charge in [0.1, 0.15) is 0 Å². The van der Waals surface area contributed by atoms with Crippen molar-refractivity contribution in [1.29, 1.82) is 0 Å². The molecule has 0 saturated heterocycles. The maximum absolute atomic E-state index is 3.86. The molecule has 0 spiro atoms. The van der Waals surface area contributed by atoms with Crippen LogP contribution in [0.15, 0.2) is 43.0 Å². The SMILES string of the molecule is C=CC1CCC1c1ccccc1. The van der Waals surface area contributed by atoms with Crippen molar-refractivity contribution in [2.24, 2.45) is 5.92 Å². The zero-order valence-corrected chi connectivity index (χ0v) is 7.24. The fourth-order valence-corrected chi connectivity index (χ4v) is 1.92. The maximum Gasteiger partial charge on any atom is -0.00989 e. The van der Waals surface area contributed by atoms with E-state index in [0.29, 0.717) is 0 Å². The van der Waals surface area contributed by atoms with E-state index in [4.69, 9.17) is 0 Å². The van der Waals surface area contributed by atoms with Gasteiger partial charge in [-0.15, -0.1) is 6.58 Å². The Labute approximate surface area is 73.9 Å². The Balaban J connectivity index is 2.16. The molecule has 0 heteroatoms. The van der Waals surface area contributed by atoms with E-state index in [9.17, 15) is 0 Å². The van der Waals surface area contributed by atoms with Crippen molar-refractivity contribution in [1.82, 2.24) is 0 Å². The Morgan fingerprint density at radius 2 is 1.92 bits per heavy atom. The van der Waals surface area contributed by atoms with Gasteiger partial charge in [-0.1, -0.05) is 36.4 Å². The van der Waals surface area contributed by atoms with E-state index in [1.807, 2.05) is 0 Å². The van der Waals surface area contributed by atoms with Gasteiger partial charge in [-0.25, -0.2) is 0 Å². The summed E-state index contributed by atoms with van der Waals surface area (Å²) < 4.78 is 0. The number of hydrogen-bond donors (Lipinski definition) is 0. The molecule has 1 aromatic carbocycles. The Morgan fingerprint density at radius 3 is 2.42 bits per heavy atom. The molecule has 2 unspecified atom stereocenters. The van der Waals surface area contributed by atoms with Crippen LogP contribution < -0.4 is 0 Å². The number of rotatable bonds is 2. The third-order valence-corrected chi connectivity index (χ3v) is 2.86. The highest BCUT2D eigenvalue weighted by Crippen LogP contribution is 2.42. The van der Waals surface area contributed by atoms with Crippen molar-refractivity contribution < 1.29 is 0 Å². The fourth-order valence-electron chi connectivity index (χ4n) is 1.92. The van der Waals surface area contributed by atoms with Crippen LogP contribution in [-0.4, -0.2) is 0 Å². The van der Waals surface area contributed by atoms with Gasteiger partial charge in [-0.3, -0.25) is 0 Å². The maximum atomic E-state index is 3.86. The molecule has 1 saturated carbocycles. The first kappa shape index (κ1) is 7.60. The molecule has 0 aliphatic heterocycles. The highest BCUT2D eigenvalue weighted by atomic mass is 14.3. The Bertz CT molecular complexity index is 261. The minimum atomic E-state index is 0.729. The molecule has 0 heterocycles. The predicted molar refractivity (Wildman–Crippen MR) is 52.1 cm³/mol. The lowest BCUT2D eigenvalue weighted by atomic mass is 9.70. The molecule has 0 aromatic heterocycles. The van der Waals surface area contributed by atoms with Gasteiger partial charge in [-0.05, 0) is 30.2 Å². The molecule has 2 rings (SSSR count). The largest absolute Gasteiger partial charge is 0.103 e. The Morgan fingerprint density at radius 1 is 1.17 bits per heavy atom. The second-order valence-corrected chi connectivity index (χ2v) is 3.49. The van der Waals surface area contributed by atoms with E-state index in [1.165, 1.54) is 18.4 Å². The summed E-state index contributed by atoms with van der Waals surface area (Å²) >= 11 is 0. The molecule has 12 heavy (non-hydrogen) atoms. The van der Waals surface area contributed by atoms with Gasteiger partial charge in [-0.2, -0.15) is 0 Å². The van der Waals surface area contributed by atoms with E-state index >= 15 is 0 Å². The summed E-state index contributed by atoms with van der Waals surface area (Å²) in [5.74, 6) is 1.48. The van der Waals surface area contributed by atoms with E-state index in [1.54, 1.807) is 0 Å². The molecular formula is C12H14. The first-order valence-electron chi connectivity index (χ1n) is 4.59. The van der Waals surface area contributed by atoms with Crippen molar-refractivity contribution in [2.45, 2.75) is 18.8 Å². The average Bonchev–Trinajstić information content (AvgIpc) is 2.05. The van der Waals surface area contributed by atoms with Gasteiger partial charge >= 0.3 is 0 Å². The molecule has 0 radical (unpaired) electrons. The van der Waals surface area contributed by atoms with Gasteiger partial charge in [0, 0.05) is 0 Å². The lowest BCUT2D eigenvalue weighted by Crippen LogP contribution is -2.21. The van der Waals surface area contributed by atoms with Crippen LogP contribution in [0.3, 0.4) is 0 Å². The lowest BCUT2D eigenvalue weighted by Gasteiger charge is -2.34. The first-order chi connectivity index (χ1) is 5.92. The molecule has 1 fully saturated rings. The summed E-state index contributed by atoms with van der Waals surface area (Å²) in [6, 6.07) is 10.8. The van der Waals surface area contributed by atoms with E-state index in [2.05, 4.69) is 43.0 Å². The third kappa shape index (κ3) is 1.18. The molecular weight excluding hydrogens is 144 g/mol. The van der Waals surface area contributed by atoms with E-state index < -0.39 is 0 Å². The first-order valence-corrected chi connectivity index (χ1v) is 4.59. The summed E-state index contributed by atoms with van der Waals surface area (Å²) in [5, 5.41) is 0. The topological polar surface area (TPSA) is 0 Å². The summed E-state index contributed by atoms with van der Waals surface area (Å²) in [5.41, 5.74) is 1.48. The van der Waals surface area contributed by atoms with Crippen molar-refractivity contribution in [3.63, 3.8) is 0 Å².